The van der Waals surface area contributed by atoms with Gasteiger partial charge in [0.15, 0.2) is 0 Å². The Morgan fingerprint density at radius 3 is 2.67 bits per heavy atom. The van der Waals surface area contributed by atoms with Crippen LogP contribution < -0.4 is 4.74 Å². The van der Waals surface area contributed by atoms with E-state index in [1.807, 2.05) is 0 Å². The zero-order valence-corrected chi connectivity index (χ0v) is 10.5. The lowest BCUT2D eigenvalue weighted by atomic mass is 10.0. The lowest BCUT2D eigenvalue weighted by molar-refractivity contribution is 0.415. The predicted molar refractivity (Wildman–Crippen MR) is 71.3 cm³/mol. The quantitative estimate of drug-likeness (QED) is 0.738. The molecule has 1 nitrogen and oxygen atoms in total. The zero-order valence-electron chi connectivity index (χ0n) is 9.71. The van der Waals surface area contributed by atoms with Crippen LogP contribution in [0.1, 0.15) is 5.56 Å². The van der Waals surface area contributed by atoms with Gasteiger partial charge in [0.1, 0.15) is 11.6 Å². The summed E-state index contributed by atoms with van der Waals surface area (Å²) >= 11 is 6.06. The first-order chi connectivity index (χ1) is 8.63. The molecule has 18 heavy (non-hydrogen) atoms. The molecule has 0 spiro atoms. The van der Waals surface area contributed by atoms with Crippen LogP contribution in [-0.2, 0) is 0 Å². The molecular weight excluding hydrogens is 251 g/mol. The maximum atomic E-state index is 13.3. The minimum atomic E-state index is -0.348. The molecular formula is C15H10ClFO. The Labute approximate surface area is 110 Å². The number of methoxy groups -OCH3 is 1. The highest BCUT2D eigenvalue weighted by Gasteiger charge is 2.08. The van der Waals surface area contributed by atoms with E-state index in [-0.39, 0.29) is 5.82 Å². The Balaban J connectivity index is 2.63. The summed E-state index contributed by atoms with van der Waals surface area (Å²) in [5, 5.41) is 0.465. The Morgan fingerprint density at radius 2 is 2.00 bits per heavy atom. The number of terminal acetylenes is 1. The van der Waals surface area contributed by atoms with Gasteiger partial charge in [0, 0.05) is 16.1 Å². The van der Waals surface area contributed by atoms with Crippen LogP contribution in [-0.4, -0.2) is 7.11 Å². The molecule has 0 bridgehead atoms. The van der Waals surface area contributed by atoms with Gasteiger partial charge in [-0.05, 0) is 42.0 Å². The van der Waals surface area contributed by atoms with Crippen LogP contribution in [0.2, 0.25) is 5.02 Å². The van der Waals surface area contributed by atoms with Gasteiger partial charge in [-0.25, -0.2) is 4.39 Å². The molecule has 2 aromatic rings. The summed E-state index contributed by atoms with van der Waals surface area (Å²) in [5.74, 6) is 2.79. The molecule has 90 valence electrons. The van der Waals surface area contributed by atoms with Crippen LogP contribution in [0.5, 0.6) is 5.75 Å². The van der Waals surface area contributed by atoms with Crippen molar-refractivity contribution in [2.75, 3.05) is 7.11 Å². The molecule has 3 heteroatoms. The van der Waals surface area contributed by atoms with Crippen molar-refractivity contribution in [2.24, 2.45) is 0 Å². The van der Waals surface area contributed by atoms with Crippen LogP contribution in [0, 0.1) is 18.2 Å². The summed E-state index contributed by atoms with van der Waals surface area (Å²) in [5.41, 5.74) is 1.98. The van der Waals surface area contributed by atoms with Crippen LogP contribution in [0.3, 0.4) is 0 Å². The number of halogens is 2. The molecule has 0 atom stereocenters. The first kappa shape index (κ1) is 12.5. The maximum Gasteiger partial charge on any atom is 0.123 e. The number of benzene rings is 2. The Kier molecular flexibility index (Phi) is 3.55. The molecule has 0 aromatic heterocycles. The lowest BCUT2D eigenvalue weighted by Gasteiger charge is -2.08. The number of hydrogen-bond acceptors (Lipinski definition) is 1. The van der Waals surface area contributed by atoms with Crippen molar-refractivity contribution in [3.63, 3.8) is 0 Å². The highest BCUT2D eigenvalue weighted by Crippen LogP contribution is 2.31. The fourth-order valence-electron chi connectivity index (χ4n) is 1.67. The summed E-state index contributed by atoms with van der Waals surface area (Å²) in [6, 6.07) is 9.47. The van der Waals surface area contributed by atoms with E-state index >= 15 is 0 Å². The van der Waals surface area contributed by atoms with E-state index in [9.17, 15) is 4.39 Å². The minimum absolute atomic E-state index is 0.348. The van der Waals surface area contributed by atoms with Crippen LogP contribution >= 0.6 is 11.6 Å². The SMILES string of the molecule is C#Cc1cc(OC)cc(-c2cc(F)ccc2Cl)c1. The van der Waals surface area contributed by atoms with Gasteiger partial charge in [0.2, 0.25) is 0 Å². The first-order valence-electron chi connectivity index (χ1n) is 5.25. The summed E-state index contributed by atoms with van der Waals surface area (Å²) in [7, 11) is 1.55. The highest BCUT2D eigenvalue weighted by molar-refractivity contribution is 6.33. The second kappa shape index (κ2) is 5.12. The average Bonchev–Trinajstić information content (AvgIpc) is 2.40. The summed E-state index contributed by atoms with van der Waals surface area (Å²) in [6.45, 7) is 0. The van der Waals surface area contributed by atoms with Crippen molar-refractivity contribution in [2.45, 2.75) is 0 Å². The fraction of sp³-hybridized carbons (Fsp3) is 0.0667. The second-order valence-electron chi connectivity index (χ2n) is 3.72. The Morgan fingerprint density at radius 1 is 1.22 bits per heavy atom. The van der Waals surface area contributed by atoms with E-state index in [2.05, 4.69) is 5.92 Å². The van der Waals surface area contributed by atoms with Crippen molar-refractivity contribution in [3.8, 4) is 29.2 Å². The van der Waals surface area contributed by atoms with Crippen molar-refractivity contribution in [1.29, 1.82) is 0 Å². The van der Waals surface area contributed by atoms with Crippen LogP contribution in [0.4, 0.5) is 4.39 Å². The van der Waals surface area contributed by atoms with Gasteiger partial charge in [0.05, 0.1) is 7.11 Å². The molecule has 0 aliphatic heterocycles. The third-order valence-corrected chi connectivity index (χ3v) is 2.88. The van der Waals surface area contributed by atoms with Gasteiger partial charge in [-0.15, -0.1) is 6.42 Å². The van der Waals surface area contributed by atoms with Gasteiger partial charge in [0.25, 0.3) is 0 Å². The third kappa shape index (κ3) is 2.47. The van der Waals surface area contributed by atoms with E-state index in [4.69, 9.17) is 22.8 Å². The van der Waals surface area contributed by atoms with Gasteiger partial charge < -0.3 is 4.74 Å². The van der Waals surface area contributed by atoms with Gasteiger partial charge in [-0.2, -0.15) is 0 Å². The topological polar surface area (TPSA) is 9.23 Å². The third-order valence-electron chi connectivity index (χ3n) is 2.55. The molecule has 0 aliphatic rings. The molecule has 0 fully saturated rings. The number of rotatable bonds is 2. The molecule has 0 radical (unpaired) electrons. The maximum absolute atomic E-state index is 13.3. The molecule has 0 saturated carbocycles. The van der Waals surface area contributed by atoms with E-state index in [0.29, 0.717) is 21.9 Å². The largest absolute Gasteiger partial charge is 0.497 e. The number of hydrogen-bond donors (Lipinski definition) is 0. The molecule has 2 rings (SSSR count). The lowest BCUT2D eigenvalue weighted by Crippen LogP contribution is -1.88. The molecule has 0 saturated heterocycles. The van der Waals surface area contributed by atoms with E-state index in [0.717, 1.165) is 5.56 Å². The van der Waals surface area contributed by atoms with E-state index in [1.54, 1.807) is 25.3 Å². The fourth-order valence-corrected chi connectivity index (χ4v) is 1.90. The normalized spacial score (nSPS) is 9.89. The molecule has 0 unspecified atom stereocenters. The van der Waals surface area contributed by atoms with Crippen LogP contribution in [0.15, 0.2) is 36.4 Å². The Bertz CT molecular complexity index is 629. The molecule has 0 amide bonds. The van der Waals surface area contributed by atoms with Crippen molar-refractivity contribution in [3.05, 3.63) is 52.8 Å². The molecule has 0 N–H and O–H groups in total. The monoisotopic (exact) mass is 260 g/mol. The van der Waals surface area contributed by atoms with Crippen molar-refractivity contribution in [1.82, 2.24) is 0 Å². The Hall–Kier alpha value is -1.98. The predicted octanol–water partition coefficient (Wildman–Crippen LogP) is 4.14. The summed E-state index contributed by atoms with van der Waals surface area (Å²) in [4.78, 5) is 0. The standard InChI is InChI=1S/C15H10ClFO/c1-3-10-6-11(8-13(7-10)18-2)14-9-12(17)4-5-15(14)16/h1,4-9H,2H3. The van der Waals surface area contributed by atoms with Gasteiger partial charge in [-0.1, -0.05) is 17.5 Å². The van der Waals surface area contributed by atoms with Crippen molar-refractivity contribution < 1.29 is 9.13 Å². The van der Waals surface area contributed by atoms with E-state index in [1.165, 1.54) is 18.2 Å². The summed E-state index contributed by atoms with van der Waals surface area (Å²) in [6.07, 6.45) is 5.38. The zero-order chi connectivity index (χ0) is 13.1. The van der Waals surface area contributed by atoms with Gasteiger partial charge >= 0.3 is 0 Å². The smallest absolute Gasteiger partial charge is 0.123 e. The average molecular weight is 261 g/mol. The van der Waals surface area contributed by atoms with Crippen LogP contribution in [0.25, 0.3) is 11.1 Å². The molecule has 0 aliphatic carbocycles. The van der Waals surface area contributed by atoms with E-state index < -0.39 is 0 Å². The molecule has 2 aromatic carbocycles. The number of ether oxygens (including phenoxy) is 1. The second-order valence-corrected chi connectivity index (χ2v) is 4.13. The minimum Gasteiger partial charge on any atom is -0.497 e. The summed E-state index contributed by atoms with van der Waals surface area (Å²) < 4.78 is 18.4. The molecule has 0 heterocycles. The first-order valence-corrected chi connectivity index (χ1v) is 5.63. The van der Waals surface area contributed by atoms with Crippen molar-refractivity contribution >= 4 is 11.6 Å². The highest BCUT2D eigenvalue weighted by atomic mass is 35.5. The van der Waals surface area contributed by atoms with Gasteiger partial charge in [-0.3, -0.25) is 0 Å².